The molecule has 0 spiro atoms. The molecule has 0 aromatic heterocycles. The fraction of sp³-hybridized carbons (Fsp3) is 0.667. The van der Waals surface area contributed by atoms with E-state index in [-0.39, 0.29) is 0 Å². The topological polar surface area (TPSA) is 3.01 Å². The van der Waals surface area contributed by atoms with Crippen LogP contribution in [0.3, 0.4) is 0 Å². The van der Waals surface area contributed by atoms with E-state index < -0.39 is 0 Å². The summed E-state index contributed by atoms with van der Waals surface area (Å²) in [4.78, 5) is 2.12. The molecule has 0 aromatic carbocycles. The second-order valence-electron chi connectivity index (χ2n) is 1.13. The number of rotatable bonds is 1. The largest absolute Gasteiger partial charge is 0.352 e. The normalized spacial score (nSPS) is 12.7. The predicted octanol–water partition coefficient (Wildman–Crippen LogP) is 1.82. The zero-order valence-corrected chi connectivity index (χ0v) is 5.31. The fourth-order valence-corrected chi connectivity index (χ4v) is 0.258. The minimum atomic E-state index is 1.14. The Bertz CT molecular complexity index is 51.2. The summed E-state index contributed by atoms with van der Waals surface area (Å²) in [5.74, 6) is 0. The van der Waals surface area contributed by atoms with Crippen LogP contribution in [0.2, 0.25) is 0 Å². The molecule has 0 atom stereocenters. The van der Waals surface area contributed by atoms with Crippen molar-refractivity contribution in [3.63, 3.8) is 0 Å². The molecule has 1 heteroatoms. The average molecular weight is 99.2 g/mol. The number of hydrogen-bond acceptors (Lipinski definition) is 1. The van der Waals surface area contributed by atoms with Gasteiger partial charge in [-0.25, -0.2) is 0 Å². The summed E-state index contributed by atoms with van der Waals surface area (Å²) in [6.07, 6.45) is 4.11. The van der Waals surface area contributed by atoms with E-state index in [2.05, 4.69) is 24.2 Å². The molecule has 1 rings (SSSR count). The van der Waals surface area contributed by atoms with Crippen LogP contribution in [0.5, 0.6) is 0 Å². The first kappa shape index (κ1) is 6.54. The fourth-order valence-electron chi connectivity index (χ4n) is 0.258. The van der Waals surface area contributed by atoms with Crippen molar-refractivity contribution in [3.8, 4) is 0 Å². The van der Waals surface area contributed by atoms with Crippen molar-refractivity contribution in [3.05, 3.63) is 12.4 Å². The van der Waals surface area contributed by atoms with Crippen molar-refractivity contribution in [2.75, 3.05) is 6.54 Å². The van der Waals surface area contributed by atoms with E-state index >= 15 is 0 Å². The lowest BCUT2D eigenvalue weighted by Gasteiger charge is -1.87. The molecular weight excluding hydrogens is 86.1 g/mol. The molecule has 0 saturated carbocycles. The molecule has 0 radical (unpaired) electrons. The van der Waals surface area contributed by atoms with Gasteiger partial charge in [0.2, 0.25) is 0 Å². The number of hydrogen-bond donors (Lipinski definition) is 0. The second-order valence-corrected chi connectivity index (χ2v) is 1.13. The standard InChI is InChI=1S/C4H7N.C2H6/c1-2-5-3-4-5;1-2/h3-4H,2H2,1H3;1-2H3. The SMILES string of the molecule is CC.CCN1C=C1. The molecule has 1 aliphatic rings. The van der Waals surface area contributed by atoms with Crippen molar-refractivity contribution >= 4 is 0 Å². The van der Waals surface area contributed by atoms with Gasteiger partial charge in [-0.15, -0.1) is 0 Å². The summed E-state index contributed by atoms with van der Waals surface area (Å²) in [7, 11) is 0. The van der Waals surface area contributed by atoms with E-state index in [1.807, 2.05) is 13.8 Å². The molecule has 7 heavy (non-hydrogen) atoms. The summed E-state index contributed by atoms with van der Waals surface area (Å²) in [6, 6.07) is 0. The van der Waals surface area contributed by atoms with Gasteiger partial charge in [-0.3, -0.25) is 0 Å². The Kier molecular flexibility index (Phi) is 3.48. The van der Waals surface area contributed by atoms with Gasteiger partial charge in [0.05, 0.1) is 0 Å². The highest BCUT2D eigenvalue weighted by atomic mass is 15.2. The third-order valence-corrected chi connectivity index (χ3v) is 0.725. The van der Waals surface area contributed by atoms with E-state index in [1.54, 1.807) is 0 Å². The van der Waals surface area contributed by atoms with Gasteiger partial charge in [0.1, 0.15) is 0 Å². The molecule has 0 aromatic rings. The molecule has 1 heterocycles. The Morgan fingerprint density at radius 1 is 1.29 bits per heavy atom. The highest BCUT2D eigenvalue weighted by Gasteiger charge is 1.96. The van der Waals surface area contributed by atoms with Crippen LogP contribution in [0, 0.1) is 0 Å². The molecule has 0 N–H and O–H groups in total. The van der Waals surface area contributed by atoms with E-state index in [0.717, 1.165) is 6.54 Å². The van der Waals surface area contributed by atoms with Crippen LogP contribution in [0.15, 0.2) is 12.4 Å². The Balaban J connectivity index is 0.000000162. The molecule has 0 amide bonds. The van der Waals surface area contributed by atoms with Crippen LogP contribution in [0.1, 0.15) is 20.8 Å². The number of nitrogens with zero attached hydrogens (tertiary/aromatic N) is 1. The highest BCUT2D eigenvalue weighted by molar-refractivity contribution is 4.99. The summed E-state index contributed by atoms with van der Waals surface area (Å²) >= 11 is 0. The van der Waals surface area contributed by atoms with Gasteiger partial charge in [0, 0.05) is 18.9 Å². The van der Waals surface area contributed by atoms with Crippen LogP contribution in [0.25, 0.3) is 0 Å². The van der Waals surface area contributed by atoms with Gasteiger partial charge in [0.15, 0.2) is 0 Å². The molecule has 0 aliphatic carbocycles. The quantitative estimate of drug-likeness (QED) is 0.484. The van der Waals surface area contributed by atoms with Gasteiger partial charge in [-0.05, 0) is 6.92 Å². The molecule has 42 valence electrons. The molecule has 0 bridgehead atoms. The maximum absolute atomic E-state index is 2.12. The van der Waals surface area contributed by atoms with E-state index in [9.17, 15) is 0 Å². The van der Waals surface area contributed by atoms with Crippen LogP contribution in [-0.2, 0) is 0 Å². The van der Waals surface area contributed by atoms with Crippen molar-refractivity contribution in [1.29, 1.82) is 0 Å². The molecule has 0 fully saturated rings. The molecule has 1 aliphatic heterocycles. The first-order valence-electron chi connectivity index (χ1n) is 2.87. The molecular formula is C6H13N. The maximum Gasteiger partial charge on any atom is 0.0197 e. The lowest BCUT2D eigenvalue weighted by atomic mass is 10.8. The Morgan fingerprint density at radius 2 is 1.71 bits per heavy atom. The van der Waals surface area contributed by atoms with Gasteiger partial charge < -0.3 is 4.90 Å². The summed E-state index contributed by atoms with van der Waals surface area (Å²) in [6.45, 7) is 7.26. The van der Waals surface area contributed by atoms with Gasteiger partial charge in [0.25, 0.3) is 0 Å². The van der Waals surface area contributed by atoms with Gasteiger partial charge in [-0.1, -0.05) is 13.8 Å². The first-order chi connectivity index (χ1) is 3.43. The Hall–Kier alpha value is -0.460. The minimum absolute atomic E-state index is 1.14. The molecule has 0 unspecified atom stereocenters. The first-order valence-corrected chi connectivity index (χ1v) is 2.87. The zero-order chi connectivity index (χ0) is 5.70. The minimum Gasteiger partial charge on any atom is -0.352 e. The third kappa shape index (κ3) is 3.37. The smallest absolute Gasteiger partial charge is 0.0197 e. The van der Waals surface area contributed by atoms with Crippen molar-refractivity contribution in [2.24, 2.45) is 0 Å². The van der Waals surface area contributed by atoms with Crippen LogP contribution in [-0.4, -0.2) is 11.4 Å². The lowest BCUT2D eigenvalue weighted by Crippen LogP contribution is -1.89. The Morgan fingerprint density at radius 3 is 1.71 bits per heavy atom. The molecule has 0 saturated heterocycles. The molecule has 1 nitrogen and oxygen atoms in total. The predicted molar refractivity (Wildman–Crippen MR) is 32.9 cm³/mol. The van der Waals surface area contributed by atoms with Crippen molar-refractivity contribution < 1.29 is 0 Å². The second kappa shape index (κ2) is 3.72. The van der Waals surface area contributed by atoms with Gasteiger partial charge in [-0.2, -0.15) is 0 Å². The zero-order valence-electron chi connectivity index (χ0n) is 5.31. The van der Waals surface area contributed by atoms with E-state index in [4.69, 9.17) is 0 Å². The van der Waals surface area contributed by atoms with Crippen molar-refractivity contribution in [1.82, 2.24) is 4.90 Å². The Labute approximate surface area is 45.6 Å². The summed E-state index contributed by atoms with van der Waals surface area (Å²) in [5, 5.41) is 0. The summed E-state index contributed by atoms with van der Waals surface area (Å²) < 4.78 is 0. The van der Waals surface area contributed by atoms with Crippen LogP contribution < -0.4 is 0 Å². The van der Waals surface area contributed by atoms with Crippen LogP contribution in [0.4, 0.5) is 0 Å². The average Bonchev–Trinajstić information content (AvgIpc) is 2.52. The van der Waals surface area contributed by atoms with Crippen molar-refractivity contribution in [2.45, 2.75) is 20.8 Å². The highest BCUT2D eigenvalue weighted by Crippen LogP contribution is 2.01. The summed E-state index contributed by atoms with van der Waals surface area (Å²) in [5.41, 5.74) is 0. The van der Waals surface area contributed by atoms with E-state index in [1.165, 1.54) is 0 Å². The monoisotopic (exact) mass is 99.1 g/mol. The van der Waals surface area contributed by atoms with Crippen LogP contribution >= 0.6 is 0 Å². The van der Waals surface area contributed by atoms with E-state index in [0.29, 0.717) is 0 Å². The lowest BCUT2D eigenvalue weighted by molar-refractivity contribution is 0.644. The maximum atomic E-state index is 2.12. The van der Waals surface area contributed by atoms with Gasteiger partial charge >= 0.3 is 0 Å². The third-order valence-electron chi connectivity index (χ3n) is 0.725.